The van der Waals surface area contributed by atoms with Crippen LogP contribution >= 0.6 is 0 Å². The summed E-state index contributed by atoms with van der Waals surface area (Å²) in [6, 6.07) is 11.3. The number of rotatable bonds is 7. The van der Waals surface area contributed by atoms with Crippen molar-refractivity contribution in [2.75, 3.05) is 13.1 Å². The molecule has 1 saturated carbocycles. The van der Waals surface area contributed by atoms with Crippen LogP contribution < -0.4 is 5.32 Å². The molecule has 21 heavy (non-hydrogen) atoms. The highest BCUT2D eigenvalue weighted by molar-refractivity contribution is 5.27. The molecule has 1 aromatic carbocycles. The molecule has 1 unspecified atom stereocenters. The molecule has 1 aliphatic rings. The van der Waals surface area contributed by atoms with Crippen LogP contribution in [0.2, 0.25) is 0 Å². The summed E-state index contributed by atoms with van der Waals surface area (Å²) in [5.74, 6) is 0.844. The first kappa shape index (κ1) is 16.5. The molecule has 1 atom stereocenters. The summed E-state index contributed by atoms with van der Waals surface area (Å²) in [6.45, 7) is 6.94. The molecule has 0 saturated heterocycles. The van der Waals surface area contributed by atoms with E-state index in [1.807, 2.05) is 0 Å². The van der Waals surface area contributed by atoms with Gasteiger partial charge in [0.15, 0.2) is 0 Å². The van der Waals surface area contributed by atoms with E-state index in [-0.39, 0.29) is 0 Å². The second kappa shape index (κ2) is 8.58. The fourth-order valence-electron chi connectivity index (χ4n) is 4.19. The molecule has 0 heterocycles. The molecule has 2 rings (SSSR count). The van der Waals surface area contributed by atoms with Crippen molar-refractivity contribution >= 4 is 0 Å². The Bertz CT molecular complexity index is 378. The molecule has 1 N–H and O–H groups in total. The van der Waals surface area contributed by atoms with Crippen LogP contribution in [0.4, 0.5) is 0 Å². The summed E-state index contributed by atoms with van der Waals surface area (Å²) in [7, 11) is 0. The molecule has 1 aliphatic carbocycles. The summed E-state index contributed by atoms with van der Waals surface area (Å²) in [5.41, 5.74) is 1.89. The molecule has 1 nitrogen and oxygen atoms in total. The van der Waals surface area contributed by atoms with Crippen LogP contribution in [-0.4, -0.2) is 13.1 Å². The summed E-state index contributed by atoms with van der Waals surface area (Å²) >= 11 is 0. The lowest BCUT2D eigenvalue weighted by Crippen LogP contribution is -2.44. The zero-order chi connectivity index (χ0) is 15.0. The summed E-state index contributed by atoms with van der Waals surface area (Å²) in [4.78, 5) is 0. The van der Waals surface area contributed by atoms with Crippen LogP contribution in [0.25, 0.3) is 0 Å². The van der Waals surface area contributed by atoms with Crippen molar-refractivity contribution in [3.63, 3.8) is 0 Å². The molecule has 0 spiro atoms. The molecule has 0 amide bonds. The van der Waals surface area contributed by atoms with Crippen LogP contribution in [0, 0.1) is 5.92 Å². The molecule has 1 fully saturated rings. The Balaban J connectivity index is 2.26. The zero-order valence-corrected chi connectivity index (χ0v) is 14.0. The van der Waals surface area contributed by atoms with E-state index in [9.17, 15) is 0 Å². The van der Waals surface area contributed by atoms with Gasteiger partial charge in [0, 0.05) is 12.0 Å². The van der Waals surface area contributed by atoms with Crippen molar-refractivity contribution in [1.82, 2.24) is 5.32 Å². The molecule has 118 valence electrons. The molecule has 1 heteroatoms. The fraction of sp³-hybridized carbons (Fsp3) is 0.700. The number of benzene rings is 1. The average molecular weight is 287 g/mol. The second-order valence-corrected chi connectivity index (χ2v) is 6.74. The first-order valence-electron chi connectivity index (χ1n) is 9.09. The van der Waals surface area contributed by atoms with Crippen molar-refractivity contribution in [3.8, 4) is 0 Å². The Kier molecular flexibility index (Phi) is 6.76. The SMILES string of the molecule is CCCNCC(CC)(c1ccccc1)C1CCCCCC1. The molecule has 0 aromatic heterocycles. The highest BCUT2D eigenvalue weighted by Crippen LogP contribution is 2.42. The Hall–Kier alpha value is -0.820. The molecule has 0 aliphatic heterocycles. The maximum Gasteiger partial charge on any atom is 0.0103 e. The van der Waals surface area contributed by atoms with Crippen molar-refractivity contribution in [2.45, 2.75) is 70.6 Å². The minimum absolute atomic E-state index is 0.334. The van der Waals surface area contributed by atoms with E-state index >= 15 is 0 Å². The second-order valence-electron chi connectivity index (χ2n) is 6.74. The molecular formula is C20H33N. The average Bonchev–Trinajstić information content (AvgIpc) is 2.82. The van der Waals surface area contributed by atoms with E-state index in [0.29, 0.717) is 5.41 Å². The third-order valence-corrected chi connectivity index (χ3v) is 5.48. The van der Waals surface area contributed by atoms with Crippen LogP contribution in [0.1, 0.15) is 70.8 Å². The van der Waals surface area contributed by atoms with Gasteiger partial charge in [-0.25, -0.2) is 0 Å². The van der Waals surface area contributed by atoms with E-state index in [0.717, 1.165) is 19.0 Å². The zero-order valence-electron chi connectivity index (χ0n) is 14.0. The van der Waals surface area contributed by atoms with Crippen molar-refractivity contribution in [3.05, 3.63) is 35.9 Å². The van der Waals surface area contributed by atoms with Gasteiger partial charge in [-0.2, -0.15) is 0 Å². The van der Waals surface area contributed by atoms with Gasteiger partial charge in [-0.05, 0) is 43.7 Å². The largest absolute Gasteiger partial charge is 0.316 e. The Morgan fingerprint density at radius 2 is 1.67 bits per heavy atom. The van der Waals surface area contributed by atoms with E-state index in [2.05, 4.69) is 49.5 Å². The number of hydrogen-bond donors (Lipinski definition) is 1. The van der Waals surface area contributed by atoms with Crippen LogP contribution in [0.5, 0.6) is 0 Å². The van der Waals surface area contributed by atoms with Crippen molar-refractivity contribution in [2.24, 2.45) is 5.92 Å². The summed E-state index contributed by atoms with van der Waals surface area (Å²) in [6.07, 6.45) is 11.0. The van der Waals surface area contributed by atoms with Crippen LogP contribution in [-0.2, 0) is 5.41 Å². The lowest BCUT2D eigenvalue weighted by atomic mass is 9.65. The highest BCUT2D eigenvalue weighted by Gasteiger charge is 2.38. The minimum atomic E-state index is 0.334. The van der Waals surface area contributed by atoms with E-state index in [1.165, 1.54) is 51.4 Å². The smallest absolute Gasteiger partial charge is 0.0103 e. The minimum Gasteiger partial charge on any atom is -0.316 e. The van der Waals surface area contributed by atoms with Gasteiger partial charge in [-0.15, -0.1) is 0 Å². The Morgan fingerprint density at radius 3 is 2.24 bits per heavy atom. The molecule has 0 bridgehead atoms. The first-order valence-corrected chi connectivity index (χ1v) is 9.09. The normalized spacial score (nSPS) is 19.9. The highest BCUT2D eigenvalue weighted by atomic mass is 14.9. The van der Waals surface area contributed by atoms with Gasteiger partial charge >= 0.3 is 0 Å². The summed E-state index contributed by atoms with van der Waals surface area (Å²) < 4.78 is 0. The number of hydrogen-bond acceptors (Lipinski definition) is 1. The van der Waals surface area contributed by atoms with Gasteiger partial charge in [-0.1, -0.05) is 69.9 Å². The van der Waals surface area contributed by atoms with Crippen molar-refractivity contribution < 1.29 is 0 Å². The molecular weight excluding hydrogens is 254 g/mol. The topological polar surface area (TPSA) is 12.0 Å². The van der Waals surface area contributed by atoms with Gasteiger partial charge in [-0.3, -0.25) is 0 Å². The van der Waals surface area contributed by atoms with Gasteiger partial charge in [0.05, 0.1) is 0 Å². The lowest BCUT2D eigenvalue weighted by Gasteiger charge is -2.41. The van der Waals surface area contributed by atoms with Crippen LogP contribution in [0.3, 0.4) is 0 Å². The Morgan fingerprint density at radius 1 is 1.00 bits per heavy atom. The van der Waals surface area contributed by atoms with Gasteiger partial charge < -0.3 is 5.32 Å². The monoisotopic (exact) mass is 287 g/mol. The standard InChI is InChI=1S/C20H33N/c1-3-16-21-17-20(4-2,19-14-10-7-11-15-19)18-12-8-5-6-9-13-18/h7,10-11,14-15,18,21H,3-6,8-9,12-13,16-17H2,1-2H3. The van der Waals surface area contributed by atoms with Gasteiger partial charge in [0.2, 0.25) is 0 Å². The summed E-state index contributed by atoms with van der Waals surface area (Å²) in [5, 5.41) is 3.74. The quantitative estimate of drug-likeness (QED) is 0.530. The molecule has 0 radical (unpaired) electrons. The predicted octanol–water partition coefficient (Wildman–Crippen LogP) is 5.30. The fourth-order valence-corrected chi connectivity index (χ4v) is 4.19. The maximum atomic E-state index is 3.74. The van der Waals surface area contributed by atoms with Crippen LogP contribution in [0.15, 0.2) is 30.3 Å². The van der Waals surface area contributed by atoms with E-state index in [4.69, 9.17) is 0 Å². The lowest BCUT2D eigenvalue weighted by molar-refractivity contribution is 0.221. The van der Waals surface area contributed by atoms with Gasteiger partial charge in [0.25, 0.3) is 0 Å². The first-order chi connectivity index (χ1) is 10.3. The third-order valence-electron chi connectivity index (χ3n) is 5.48. The third kappa shape index (κ3) is 4.10. The van der Waals surface area contributed by atoms with E-state index in [1.54, 1.807) is 5.56 Å². The molecule has 1 aromatic rings. The van der Waals surface area contributed by atoms with Gasteiger partial charge in [0.1, 0.15) is 0 Å². The van der Waals surface area contributed by atoms with E-state index < -0.39 is 0 Å². The van der Waals surface area contributed by atoms with Crippen molar-refractivity contribution in [1.29, 1.82) is 0 Å². The predicted molar refractivity (Wildman–Crippen MR) is 92.8 cm³/mol. The maximum absolute atomic E-state index is 3.74. The number of nitrogens with one attached hydrogen (secondary N) is 1. The Labute approximate surface area is 131 Å².